The van der Waals surface area contributed by atoms with E-state index in [-0.39, 0.29) is 17.7 Å². The Kier molecular flexibility index (Phi) is 5.14. The van der Waals surface area contributed by atoms with Crippen LogP contribution in [0.3, 0.4) is 0 Å². The van der Waals surface area contributed by atoms with Crippen LogP contribution in [0.15, 0.2) is 60.1 Å². The van der Waals surface area contributed by atoms with Crippen molar-refractivity contribution >= 4 is 17.7 Å². The lowest BCUT2D eigenvalue weighted by atomic mass is 9.63. The number of pyridine rings is 1. The van der Waals surface area contributed by atoms with Gasteiger partial charge in [0.05, 0.1) is 12.5 Å². The van der Waals surface area contributed by atoms with Gasteiger partial charge >= 0.3 is 5.90 Å². The number of nitrogens with two attached hydrogens (primary N) is 1. The van der Waals surface area contributed by atoms with E-state index < -0.39 is 5.41 Å². The van der Waals surface area contributed by atoms with Gasteiger partial charge in [-0.3, -0.25) is 10.4 Å². The lowest BCUT2D eigenvalue weighted by molar-refractivity contribution is 0.336. The molecule has 30 heavy (non-hydrogen) atoms. The van der Waals surface area contributed by atoms with Crippen molar-refractivity contribution in [2.75, 3.05) is 12.8 Å². The number of nitrogens with zero attached hydrogens (tertiary/aromatic N) is 4. The number of amidine groups is 1. The molecular formula is C22H23N6O2+. The average Bonchev–Trinajstić information content (AvgIpc) is 2.74. The number of hydrogen-bond acceptors (Lipinski definition) is 6. The van der Waals surface area contributed by atoms with E-state index in [1.807, 2.05) is 24.3 Å². The topological polar surface area (TPSA) is 133 Å². The normalized spacial score (nSPS) is 15.3. The first-order chi connectivity index (χ1) is 14.5. The van der Waals surface area contributed by atoms with E-state index >= 15 is 0 Å². The van der Waals surface area contributed by atoms with Crippen molar-refractivity contribution in [1.29, 1.82) is 5.41 Å². The maximum atomic E-state index is 8.68. The van der Waals surface area contributed by atoms with Crippen LogP contribution in [0.2, 0.25) is 0 Å². The molecule has 152 valence electrons. The maximum absolute atomic E-state index is 8.68. The first-order valence-electron chi connectivity index (χ1n) is 9.59. The largest absolute Gasteiger partial charge is 0.578 e. The third-order valence-corrected chi connectivity index (χ3v) is 5.58. The fraction of sp³-hybridized carbons (Fsp3) is 0.227. The zero-order valence-corrected chi connectivity index (χ0v) is 16.6. The van der Waals surface area contributed by atoms with Crippen molar-refractivity contribution < 1.29 is 9.84 Å². The molecule has 1 aromatic carbocycles. The van der Waals surface area contributed by atoms with E-state index in [2.05, 4.69) is 19.9 Å². The summed E-state index contributed by atoms with van der Waals surface area (Å²) in [5.74, 6) is 0.927. The zero-order valence-electron chi connectivity index (χ0n) is 16.6. The molecule has 0 atom stereocenters. The first kappa shape index (κ1) is 19.5. The number of anilines is 1. The fourth-order valence-electron chi connectivity index (χ4n) is 3.68. The van der Waals surface area contributed by atoms with Crippen LogP contribution in [0.5, 0.6) is 5.75 Å². The van der Waals surface area contributed by atoms with Gasteiger partial charge in [-0.2, -0.15) is 0 Å². The molecule has 1 aliphatic carbocycles. The summed E-state index contributed by atoms with van der Waals surface area (Å²) in [6, 6.07) is 9.70. The van der Waals surface area contributed by atoms with Crippen LogP contribution in [0.1, 0.15) is 30.4 Å². The molecule has 3 aromatic rings. The van der Waals surface area contributed by atoms with E-state index in [9.17, 15) is 0 Å². The number of methoxy groups -OCH3 is 1. The molecule has 0 radical (unpaired) electrons. The molecule has 0 spiro atoms. The predicted molar refractivity (Wildman–Crippen MR) is 116 cm³/mol. The van der Waals surface area contributed by atoms with E-state index in [4.69, 9.17) is 21.0 Å². The molecular weight excluding hydrogens is 380 g/mol. The fourth-order valence-corrected chi connectivity index (χ4v) is 3.68. The molecule has 1 saturated carbocycles. The smallest absolute Gasteiger partial charge is 0.371 e. The van der Waals surface area contributed by atoms with Gasteiger partial charge in [-0.25, -0.2) is 9.97 Å². The maximum Gasteiger partial charge on any atom is 0.371 e. The van der Waals surface area contributed by atoms with Gasteiger partial charge in [0, 0.05) is 30.4 Å². The summed E-state index contributed by atoms with van der Waals surface area (Å²) in [5, 5.41) is 17.0. The molecule has 0 amide bonds. The van der Waals surface area contributed by atoms with Crippen molar-refractivity contribution in [3.8, 4) is 16.9 Å². The molecule has 8 nitrogen and oxygen atoms in total. The molecule has 1 fully saturated rings. The van der Waals surface area contributed by atoms with E-state index in [0.29, 0.717) is 11.3 Å². The number of rotatable bonds is 5. The van der Waals surface area contributed by atoms with Crippen LogP contribution in [-0.4, -0.2) is 38.9 Å². The minimum Gasteiger partial charge on any atom is -0.578 e. The third kappa shape index (κ3) is 3.47. The monoisotopic (exact) mass is 403 g/mol. The highest BCUT2D eigenvalue weighted by molar-refractivity contribution is 6.06. The van der Waals surface area contributed by atoms with Gasteiger partial charge in [0.1, 0.15) is 11.6 Å². The van der Waals surface area contributed by atoms with Crippen molar-refractivity contribution in [1.82, 2.24) is 15.0 Å². The molecule has 0 saturated heterocycles. The van der Waals surface area contributed by atoms with E-state index in [0.717, 1.165) is 36.0 Å². The predicted octanol–water partition coefficient (Wildman–Crippen LogP) is 2.70. The van der Waals surface area contributed by atoms with Gasteiger partial charge in [0.25, 0.3) is 0 Å². The zero-order chi connectivity index (χ0) is 21.1. The molecule has 2 aromatic heterocycles. The van der Waals surface area contributed by atoms with Crippen LogP contribution in [0.25, 0.3) is 11.1 Å². The van der Waals surface area contributed by atoms with E-state index in [1.165, 1.54) is 6.20 Å². The molecule has 8 heteroatoms. The Morgan fingerprint density at radius 3 is 2.40 bits per heavy atom. The molecule has 0 aliphatic heterocycles. The minimum absolute atomic E-state index is 0.0214. The Balaban J connectivity index is 1.62. The van der Waals surface area contributed by atoms with Crippen LogP contribution in [0, 0.1) is 5.41 Å². The Hall–Kier alpha value is -3.81. The Bertz CT molecular complexity index is 1090. The second kappa shape index (κ2) is 7.90. The van der Waals surface area contributed by atoms with Crippen molar-refractivity contribution in [3.63, 3.8) is 0 Å². The number of nitrogen functional groups attached to an aromatic ring is 1. The number of hydrogen-bond donors (Lipinski definition) is 2. The van der Waals surface area contributed by atoms with Gasteiger partial charge in [-0.15, -0.1) is 4.99 Å². The number of aliphatic imine (C=N–C) groups is 1. The quantitative estimate of drug-likeness (QED) is 0.384. The van der Waals surface area contributed by atoms with Crippen molar-refractivity contribution in [3.05, 3.63) is 66.2 Å². The van der Waals surface area contributed by atoms with Crippen LogP contribution in [0.4, 0.5) is 5.95 Å². The third-order valence-electron chi connectivity index (χ3n) is 5.58. The molecule has 0 bridgehead atoms. The second-order valence-electron chi connectivity index (χ2n) is 7.23. The van der Waals surface area contributed by atoms with Crippen LogP contribution in [-0.2, 0) is 5.41 Å². The highest BCUT2D eigenvalue weighted by Gasteiger charge is 2.43. The number of nitrogens with one attached hydrogen (secondary N) is 1. The van der Waals surface area contributed by atoms with Gasteiger partial charge in [0.2, 0.25) is 5.95 Å². The Morgan fingerprint density at radius 2 is 1.80 bits per heavy atom. The summed E-state index contributed by atoms with van der Waals surface area (Å²) in [5.41, 5.74) is 8.43. The summed E-state index contributed by atoms with van der Waals surface area (Å²) in [4.78, 5) is 16.5. The highest BCUT2D eigenvalue weighted by atomic mass is 16.5. The van der Waals surface area contributed by atoms with Crippen LogP contribution < -0.4 is 10.5 Å². The standard InChI is InChI=1S/C22H22N6O2/c1-30-18-7-10-25-13-17(18)19(29)28-20(23)22(8-2-9-22)16-5-3-14(4-6-16)15-11-26-21(24)27-12-15/h3-7,10-13H,2,8-9H2,1H3,(H2,23,28,29)(H2,24,26,27)/p+1. The molecule has 2 heterocycles. The SMILES string of the molecule is COc1ccncc1C([OH2+])=NC(=N)C1(c2ccc(-c3cnc(N)nc3)cc2)CCC1. The molecule has 1 aliphatic rings. The van der Waals surface area contributed by atoms with E-state index in [1.54, 1.807) is 31.8 Å². The van der Waals surface area contributed by atoms with Gasteiger partial charge in [0.15, 0.2) is 5.56 Å². The number of ether oxygens (including phenoxy) is 1. The van der Waals surface area contributed by atoms with Crippen molar-refractivity contribution in [2.45, 2.75) is 24.7 Å². The molecule has 0 unspecified atom stereocenters. The minimum atomic E-state index is -0.474. The summed E-state index contributed by atoms with van der Waals surface area (Å²) in [6.45, 7) is 0. The second-order valence-corrected chi connectivity index (χ2v) is 7.23. The van der Waals surface area contributed by atoms with Gasteiger partial charge in [-0.05, 0) is 30.0 Å². The summed E-state index contributed by atoms with van der Waals surface area (Å²) in [7, 11) is 1.54. The number of benzene rings is 1. The summed E-state index contributed by atoms with van der Waals surface area (Å²) < 4.78 is 5.29. The lowest BCUT2D eigenvalue weighted by Gasteiger charge is -2.41. The Morgan fingerprint density at radius 1 is 1.10 bits per heavy atom. The first-order valence-corrected chi connectivity index (χ1v) is 9.59. The molecule has 5 N–H and O–H groups in total. The summed E-state index contributed by atoms with van der Waals surface area (Å²) in [6.07, 6.45) is 9.20. The lowest BCUT2D eigenvalue weighted by Crippen LogP contribution is -2.41. The van der Waals surface area contributed by atoms with Gasteiger partial charge in [-0.1, -0.05) is 30.7 Å². The molecule has 4 rings (SSSR count). The van der Waals surface area contributed by atoms with Gasteiger partial charge < -0.3 is 15.6 Å². The number of aromatic nitrogens is 3. The van der Waals surface area contributed by atoms with Crippen LogP contribution >= 0.6 is 0 Å². The Labute approximate surface area is 174 Å². The summed E-state index contributed by atoms with van der Waals surface area (Å²) >= 11 is 0. The average molecular weight is 403 g/mol. The highest BCUT2D eigenvalue weighted by Crippen LogP contribution is 2.45. The van der Waals surface area contributed by atoms with Crippen molar-refractivity contribution in [2.24, 2.45) is 4.99 Å².